The van der Waals surface area contributed by atoms with Crippen LogP contribution in [0.5, 0.6) is 0 Å². The zero-order chi connectivity index (χ0) is 9.26. The van der Waals surface area contributed by atoms with Gasteiger partial charge < -0.3 is 10.3 Å². The highest BCUT2D eigenvalue weighted by molar-refractivity contribution is 5.69. The van der Waals surface area contributed by atoms with Crippen LogP contribution in [0.3, 0.4) is 0 Å². The summed E-state index contributed by atoms with van der Waals surface area (Å²) in [4.78, 5) is 4.24. The van der Waals surface area contributed by atoms with Crippen molar-refractivity contribution in [3.8, 4) is 11.4 Å². The van der Waals surface area contributed by atoms with Gasteiger partial charge in [0.05, 0.1) is 11.4 Å². The van der Waals surface area contributed by atoms with Crippen LogP contribution in [0.25, 0.3) is 11.4 Å². The highest BCUT2D eigenvalue weighted by Crippen LogP contribution is 2.22. The van der Waals surface area contributed by atoms with Crippen LogP contribution in [-0.2, 0) is 7.05 Å². The summed E-state index contributed by atoms with van der Waals surface area (Å²) in [5.41, 5.74) is 8.40. The van der Waals surface area contributed by atoms with Gasteiger partial charge in [-0.1, -0.05) is 0 Å². The van der Waals surface area contributed by atoms with E-state index in [2.05, 4.69) is 4.98 Å². The fraction of sp³-hybridized carbons (Fsp3) is 0.100. The predicted octanol–water partition coefficient (Wildman–Crippen LogP) is 1.67. The minimum Gasteiger partial charge on any atom is -0.397 e. The van der Waals surface area contributed by atoms with Gasteiger partial charge in [-0.3, -0.25) is 4.98 Å². The largest absolute Gasteiger partial charge is 0.397 e. The van der Waals surface area contributed by atoms with Gasteiger partial charge in [0.1, 0.15) is 5.69 Å². The Kier molecular flexibility index (Phi) is 1.77. The first kappa shape index (κ1) is 7.86. The normalized spacial score (nSPS) is 10.2. The molecule has 66 valence electrons. The molecule has 2 aromatic rings. The number of hydrogen-bond donors (Lipinski definition) is 1. The number of hydrogen-bond acceptors (Lipinski definition) is 2. The molecule has 0 spiro atoms. The minimum absolute atomic E-state index is 0.712. The van der Waals surface area contributed by atoms with Crippen molar-refractivity contribution in [1.82, 2.24) is 9.55 Å². The smallest absolute Gasteiger partial charge is 0.109 e. The molecular weight excluding hydrogens is 162 g/mol. The van der Waals surface area contributed by atoms with Crippen LogP contribution in [0.1, 0.15) is 0 Å². The monoisotopic (exact) mass is 173 g/mol. The first-order valence-electron chi connectivity index (χ1n) is 4.11. The van der Waals surface area contributed by atoms with Gasteiger partial charge in [-0.2, -0.15) is 0 Å². The van der Waals surface area contributed by atoms with Crippen molar-refractivity contribution in [2.75, 3.05) is 5.73 Å². The van der Waals surface area contributed by atoms with Crippen LogP contribution < -0.4 is 5.73 Å². The Morgan fingerprint density at radius 3 is 2.77 bits per heavy atom. The highest BCUT2D eigenvalue weighted by Gasteiger charge is 2.04. The molecule has 0 aliphatic heterocycles. The van der Waals surface area contributed by atoms with Gasteiger partial charge in [0.25, 0.3) is 0 Å². The van der Waals surface area contributed by atoms with E-state index in [-0.39, 0.29) is 0 Å². The van der Waals surface area contributed by atoms with Crippen molar-refractivity contribution in [3.05, 3.63) is 36.7 Å². The Morgan fingerprint density at radius 2 is 2.15 bits per heavy atom. The summed E-state index contributed by atoms with van der Waals surface area (Å²) in [6.07, 6.45) is 3.72. The third kappa shape index (κ3) is 1.28. The lowest BCUT2D eigenvalue weighted by molar-refractivity contribution is 0.931. The molecule has 2 N–H and O–H groups in total. The molecule has 0 atom stereocenters. The van der Waals surface area contributed by atoms with Gasteiger partial charge in [0.15, 0.2) is 0 Å². The zero-order valence-corrected chi connectivity index (χ0v) is 7.44. The molecule has 13 heavy (non-hydrogen) atoms. The Morgan fingerprint density at radius 1 is 1.31 bits per heavy atom. The van der Waals surface area contributed by atoms with Gasteiger partial charge in [-0.05, 0) is 24.3 Å². The molecule has 2 aromatic heterocycles. The number of pyridine rings is 1. The average Bonchev–Trinajstić information content (AvgIpc) is 2.52. The summed E-state index contributed by atoms with van der Waals surface area (Å²) < 4.78 is 2.00. The molecule has 0 unspecified atom stereocenters. The molecule has 0 aliphatic rings. The Bertz CT molecular complexity index is 418. The molecule has 0 saturated carbocycles. The number of aromatic nitrogens is 2. The molecule has 0 aliphatic carbocycles. The maximum absolute atomic E-state index is 5.80. The van der Waals surface area contributed by atoms with Gasteiger partial charge in [0.2, 0.25) is 0 Å². The van der Waals surface area contributed by atoms with Crippen molar-refractivity contribution >= 4 is 5.69 Å². The van der Waals surface area contributed by atoms with E-state index in [1.54, 1.807) is 6.20 Å². The van der Waals surface area contributed by atoms with Crippen molar-refractivity contribution in [3.63, 3.8) is 0 Å². The summed E-state index contributed by atoms with van der Waals surface area (Å²) in [6, 6.07) is 7.67. The number of nitrogen functional groups attached to an aromatic ring is 1. The maximum Gasteiger partial charge on any atom is 0.109 e. The van der Waals surface area contributed by atoms with Crippen LogP contribution in [0, 0.1) is 0 Å². The zero-order valence-electron chi connectivity index (χ0n) is 7.44. The molecule has 0 fully saturated rings. The van der Waals surface area contributed by atoms with E-state index >= 15 is 0 Å². The van der Waals surface area contributed by atoms with E-state index in [0.29, 0.717) is 5.69 Å². The second kappa shape index (κ2) is 2.94. The van der Waals surface area contributed by atoms with E-state index in [4.69, 9.17) is 5.73 Å². The summed E-state index contributed by atoms with van der Waals surface area (Å²) in [7, 11) is 1.98. The highest BCUT2D eigenvalue weighted by atomic mass is 14.9. The molecule has 2 heterocycles. The van der Waals surface area contributed by atoms with Crippen LogP contribution in [0.15, 0.2) is 36.7 Å². The quantitative estimate of drug-likeness (QED) is 0.712. The average molecular weight is 173 g/mol. The maximum atomic E-state index is 5.80. The van der Waals surface area contributed by atoms with Crippen LogP contribution in [0.2, 0.25) is 0 Å². The fourth-order valence-corrected chi connectivity index (χ4v) is 1.34. The van der Waals surface area contributed by atoms with Crippen LogP contribution >= 0.6 is 0 Å². The van der Waals surface area contributed by atoms with Gasteiger partial charge in [-0.15, -0.1) is 0 Å². The Labute approximate surface area is 76.8 Å². The molecule has 2 rings (SSSR count). The Balaban J connectivity index is 2.59. The molecule has 0 saturated heterocycles. The SMILES string of the molecule is Cn1cccc1-c1ncccc1N. The van der Waals surface area contributed by atoms with Gasteiger partial charge in [0, 0.05) is 19.4 Å². The molecule has 0 aromatic carbocycles. The molecule has 3 nitrogen and oxygen atoms in total. The second-order valence-corrected chi connectivity index (χ2v) is 2.95. The van der Waals surface area contributed by atoms with Gasteiger partial charge >= 0.3 is 0 Å². The minimum atomic E-state index is 0.712. The second-order valence-electron chi connectivity index (χ2n) is 2.95. The van der Waals surface area contributed by atoms with Crippen molar-refractivity contribution in [2.45, 2.75) is 0 Å². The summed E-state index contributed by atoms with van der Waals surface area (Å²) in [5, 5.41) is 0. The number of nitrogens with two attached hydrogens (primary N) is 1. The number of aryl methyl sites for hydroxylation is 1. The predicted molar refractivity (Wildman–Crippen MR) is 53.1 cm³/mol. The molecule has 0 amide bonds. The summed E-state index contributed by atoms with van der Waals surface area (Å²) >= 11 is 0. The molecule has 3 heteroatoms. The summed E-state index contributed by atoms with van der Waals surface area (Å²) in [5.74, 6) is 0. The van der Waals surface area contributed by atoms with E-state index in [0.717, 1.165) is 11.4 Å². The van der Waals surface area contributed by atoms with Crippen molar-refractivity contribution < 1.29 is 0 Å². The van der Waals surface area contributed by atoms with E-state index < -0.39 is 0 Å². The van der Waals surface area contributed by atoms with Crippen molar-refractivity contribution in [1.29, 1.82) is 0 Å². The van der Waals surface area contributed by atoms with Crippen LogP contribution in [-0.4, -0.2) is 9.55 Å². The van der Waals surface area contributed by atoms with E-state index in [1.165, 1.54) is 0 Å². The number of rotatable bonds is 1. The lowest BCUT2D eigenvalue weighted by Gasteiger charge is -2.04. The van der Waals surface area contributed by atoms with Gasteiger partial charge in [-0.25, -0.2) is 0 Å². The summed E-state index contributed by atoms with van der Waals surface area (Å²) in [6.45, 7) is 0. The third-order valence-corrected chi connectivity index (χ3v) is 2.03. The molecular formula is C10H11N3. The molecule has 0 bridgehead atoms. The van der Waals surface area contributed by atoms with Crippen LogP contribution in [0.4, 0.5) is 5.69 Å². The third-order valence-electron chi connectivity index (χ3n) is 2.03. The topological polar surface area (TPSA) is 43.8 Å². The number of nitrogens with zero attached hydrogens (tertiary/aromatic N) is 2. The lowest BCUT2D eigenvalue weighted by atomic mass is 10.2. The lowest BCUT2D eigenvalue weighted by Crippen LogP contribution is -1.96. The van der Waals surface area contributed by atoms with Crippen molar-refractivity contribution in [2.24, 2.45) is 7.05 Å². The Hall–Kier alpha value is -1.77. The van der Waals surface area contributed by atoms with E-state index in [1.807, 2.05) is 42.1 Å². The fourth-order valence-electron chi connectivity index (χ4n) is 1.34. The first-order valence-corrected chi connectivity index (χ1v) is 4.11. The molecule has 0 radical (unpaired) electrons. The van der Waals surface area contributed by atoms with E-state index in [9.17, 15) is 0 Å². The standard InChI is InChI=1S/C10H11N3/c1-13-7-3-5-9(13)10-8(11)4-2-6-12-10/h2-7H,11H2,1H3. The first-order chi connectivity index (χ1) is 6.29. The number of anilines is 1.